The van der Waals surface area contributed by atoms with Crippen LogP contribution in [0.15, 0.2) is 24.3 Å². The van der Waals surface area contributed by atoms with Crippen LogP contribution in [-0.2, 0) is 4.79 Å². The number of ether oxygens (including phenoxy) is 1. The van der Waals surface area contributed by atoms with E-state index in [1.54, 1.807) is 4.90 Å². The van der Waals surface area contributed by atoms with E-state index in [4.69, 9.17) is 9.84 Å². The predicted molar refractivity (Wildman–Crippen MR) is 60.5 cm³/mol. The van der Waals surface area contributed by atoms with Gasteiger partial charge in [0.05, 0.1) is 5.69 Å². The summed E-state index contributed by atoms with van der Waals surface area (Å²) in [6.45, 7) is 2.59. The number of aliphatic hydroxyl groups is 1. The first kappa shape index (κ1) is 11.0. The first-order valence-corrected chi connectivity index (χ1v) is 5.35. The normalized spacial score (nSPS) is 16.6. The first-order chi connectivity index (χ1) is 7.72. The number of fused-ring (bicyclic) bond motifs is 1. The molecule has 0 aromatic heterocycles. The number of aliphatic hydroxyl groups excluding tert-OH is 1. The summed E-state index contributed by atoms with van der Waals surface area (Å²) in [5.74, 6) is 0.737. The van der Waals surface area contributed by atoms with Crippen molar-refractivity contribution in [1.29, 1.82) is 0 Å². The third-order valence-corrected chi connectivity index (χ3v) is 2.61. The minimum absolute atomic E-state index is 0.0565. The van der Waals surface area contributed by atoms with Crippen LogP contribution in [-0.4, -0.2) is 30.8 Å². The van der Waals surface area contributed by atoms with E-state index in [0.29, 0.717) is 6.54 Å². The molecule has 16 heavy (non-hydrogen) atoms. The molecule has 1 heterocycles. The number of amides is 1. The molecule has 4 nitrogen and oxygen atoms in total. The Morgan fingerprint density at radius 1 is 1.50 bits per heavy atom. The maximum absolute atomic E-state index is 11.7. The third kappa shape index (κ3) is 2.02. The molecule has 1 N–H and O–H groups in total. The van der Waals surface area contributed by atoms with E-state index in [0.717, 1.165) is 11.4 Å². The zero-order chi connectivity index (χ0) is 11.5. The number of anilines is 1. The Labute approximate surface area is 94.4 Å². The SMILES string of the molecule is C[C@H](CO)CN1C(=O)COc2ccccc21. The van der Waals surface area contributed by atoms with Crippen molar-refractivity contribution in [1.82, 2.24) is 0 Å². The van der Waals surface area contributed by atoms with Crippen LogP contribution >= 0.6 is 0 Å². The summed E-state index contributed by atoms with van der Waals surface area (Å²) in [7, 11) is 0. The summed E-state index contributed by atoms with van der Waals surface area (Å²) >= 11 is 0. The van der Waals surface area contributed by atoms with Gasteiger partial charge in [-0.1, -0.05) is 19.1 Å². The second-order valence-corrected chi connectivity index (χ2v) is 4.05. The minimum Gasteiger partial charge on any atom is -0.482 e. The van der Waals surface area contributed by atoms with E-state index >= 15 is 0 Å². The van der Waals surface area contributed by atoms with Crippen molar-refractivity contribution in [3.63, 3.8) is 0 Å². The molecule has 0 aliphatic carbocycles. The number of nitrogens with zero attached hydrogens (tertiary/aromatic N) is 1. The van der Waals surface area contributed by atoms with Crippen LogP contribution in [0.2, 0.25) is 0 Å². The number of hydrogen-bond donors (Lipinski definition) is 1. The van der Waals surface area contributed by atoms with Gasteiger partial charge in [0.15, 0.2) is 6.61 Å². The van der Waals surface area contributed by atoms with Crippen molar-refractivity contribution in [3.05, 3.63) is 24.3 Å². The molecule has 1 aliphatic rings. The summed E-state index contributed by atoms with van der Waals surface area (Å²) in [5.41, 5.74) is 0.791. The van der Waals surface area contributed by atoms with Crippen molar-refractivity contribution in [2.75, 3.05) is 24.7 Å². The Bertz CT molecular complexity index is 392. The van der Waals surface area contributed by atoms with Gasteiger partial charge in [-0.25, -0.2) is 0 Å². The summed E-state index contributed by atoms with van der Waals surface area (Å²) in [4.78, 5) is 13.4. The highest BCUT2D eigenvalue weighted by Crippen LogP contribution is 2.31. The summed E-state index contributed by atoms with van der Waals surface area (Å²) < 4.78 is 5.33. The molecule has 0 fully saturated rings. The molecule has 1 aromatic carbocycles. The molecule has 0 saturated carbocycles. The average molecular weight is 221 g/mol. The van der Waals surface area contributed by atoms with Gasteiger partial charge in [-0.2, -0.15) is 0 Å². The number of hydrogen-bond acceptors (Lipinski definition) is 3. The summed E-state index contributed by atoms with van der Waals surface area (Å²) in [6, 6.07) is 7.45. The topological polar surface area (TPSA) is 49.8 Å². The second kappa shape index (κ2) is 4.53. The van der Waals surface area contributed by atoms with Gasteiger partial charge in [0.25, 0.3) is 5.91 Å². The zero-order valence-corrected chi connectivity index (χ0v) is 9.22. The lowest BCUT2D eigenvalue weighted by molar-refractivity contribution is -0.121. The van der Waals surface area contributed by atoms with Crippen molar-refractivity contribution >= 4 is 11.6 Å². The maximum atomic E-state index is 11.7. The second-order valence-electron chi connectivity index (χ2n) is 4.05. The molecule has 1 aromatic rings. The highest BCUT2D eigenvalue weighted by atomic mass is 16.5. The maximum Gasteiger partial charge on any atom is 0.265 e. The van der Waals surface area contributed by atoms with Gasteiger partial charge in [-0.05, 0) is 18.1 Å². The largest absolute Gasteiger partial charge is 0.482 e. The van der Waals surface area contributed by atoms with E-state index in [2.05, 4.69) is 0 Å². The minimum atomic E-state index is -0.0565. The quantitative estimate of drug-likeness (QED) is 0.829. The number of benzene rings is 1. The Morgan fingerprint density at radius 3 is 3.00 bits per heavy atom. The monoisotopic (exact) mass is 221 g/mol. The number of para-hydroxylation sites is 2. The van der Waals surface area contributed by atoms with Gasteiger partial charge in [0.1, 0.15) is 5.75 Å². The van der Waals surface area contributed by atoms with Gasteiger partial charge in [-0.15, -0.1) is 0 Å². The summed E-state index contributed by atoms with van der Waals surface area (Å²) in [5, 5.41) is 9.03. The molecule has 0 bridgehead atoms. The number of rotatable bonds is 3. The smallest absolute Gasteiger partial charge is 0.265 e. The molecule has 0 radical (unpaired) electrons. The van der Waals surface area contributed by atoms with Gasteiger partial charge >= 0.3 is 0 Å². The van der Waals surface area contributed by atoms with Crippen molar-refractivity contribution in [2.24, 2.45) is 5.92 Å². The molecular formula is C12H15NO3. The highest BCUT2D eigenvalue weighted by Gasteiger charge is 2.25. The number of carbonyl (C=O) groups is 1. The standard InChI is InChI=1S/C12H15NO3/c1-9(7-14)6-13-10-4-2-3-5-11(10)16-8-12(13)15/h2-5,9,14H,6-8H2,1H3/t9-/m0/s1. The Balaban J connectivity index is 2.26. The predicted octanol–water partition coefficient (Wildman–Crippen LogP) is 1.04. The third-order valence-electron chi connectivity index (χ3n) is 2.61. The van der Waals surface area contributed by atoms with Crippen LogP contribution in [0.5, 0.6) is 5.75 Å². The first-order valence-electron chi connectivity index (χ1n) is 5.35. The molecule has 1 aliphatic heterocycles. The van der Waals surface area contributed by atoms with Crippen molar-refractivity contribution < 1.29 is 14.6 Å². The summed E-state index contributed by atoms with van der Waals surface area (Å²) in [6.07, 6.45) is 0. The van der Waals surface area contributed by atoms with E-state index in [9.17, 15) is 4.79 Å². The van der Waals surface area contributed by atoms with Crippen LogP contribution < -0.4 is 9.64 Å². The fourth-order valence-corrected chi connectivity index (χ4v) is 1.72. The molecule has 1 amide bonds. The molecular weight excluding hydrogens is 206 g/mol. The van der Waals surface area contributed by atoms with E-state index < -0.39 is 0 Å². The molecule has 0 unspecified atom stereocenters. The van der Waals surface area contributed by atoms with Gasteiger partial charge in [0, 0.05) is 13.2 Å². The molecule has 0 saturated heterocycles. The van der Waals surface area contributed by atoms with E-state index in [-0.39, 0.29) is 25.0 Å². The Kier molecular flexibility index (Phi) is 3.10. The molecule has 2 rings (SSSR count). The van der Waals surface area contributed by atoms with Crippen LogP contribution in [0.25, 0.3) is 0 Å². The van der Waals surface area contributed by atoms with Crippen LogP contribution in [0.1, 0.15) is 6.92 Å². The molecule has 0 spiro atoms. The van der Waals surface area contributed by atoms with Gasteiger partial charge in [0.2, 0.25) is 0 Å². The van der Waals surface area contributed by atoms with Gasteiger partial charge in [-0.3, -0.25) is 4.79 Å². The van der Waals surface area contributed by atoms with Crippen molar-refractivity contribution in [2.45, 2.75) is 6.92 Å². The lowest BCUT2D eigenvalue weighted by Crippen LogP contribution is -2.41. The Morgan fingerprint density at radius 2 is 2.25 bits per heavy atom. The zero-order valence-electron chi connectivity index (χ0n) is 9.22. The van der Waals surface area contributed by atoms with Crippen molar-refractivity contribution in [3.8, 4) is 5.75 Å². The average Bonchev–Trinajstić information content (AvgIpc) is 2.32. The van der Waals surface area contributed by atoms with Crippen LogP contribution in [0, 0.1) is 5.92 Å². The van der Waals surface area contributed by atoms with E-state index in [1.165, 1.54) is 0 Å². The fraction of sp³-hybridized carbons (Fsp3) is 0.417. The lowest BCUT2D eigenvalue weighted by atomic mass is 10.1. The molecule has 86 valence electrons. The lowest BCUT2D eigenvalue weighted by Gasteiger charge is -2.30. The van der Waals surface area contributed by atoms with Crippen LogP contribution in [0.4, 0.5) is 5.69 Å². The van der Waals surface area contributed by atoms with E-state index in [1.807, 2.05) is 31.2 Å². The molecule has 4 heteroatoms. The fourth-order valence-electron chi connectivity index (χ4n) is 1.72. The molecule has 1 atom stereocenters. The van der Waals surface area contributed by atoms with Crippen LogP contribution in [0.3, 0.4) is 0 Å². The number of carbonyl (C=O) groups excluding carboxylic acids is 1. The Hall–Kier alpha value is -1.55. The van der Waals surface area contributed by atoms with Gasteiger partial charge < -0.3 is 14.7 Å². The highest BCUT2D eigenvalue weighted by molar-refractivity contribution is 5.97.